The quantitative estimate of drug-likeness (QED) is 0.192. The zero-order chi connectivity index (χ0) is 30.8. The molecule has 0 saturated heterocycles. The molecule has 8 rings (SSSR count). The Balaban J connectivity index is 1.11. The van der Waals surface area contributed by atoms with Gasteiger partial charge < -0.3 is 0 Å². The molecule has 1 fully saturated rings. The van der Waals surface area contributed by atoms with Crippen molar-refractivity contribution < 1.29 is 0 Å². The largest absolute Gasteiger partial charge is 0.208 e. The molecule has 5 aromatic carbocycles. The molecule has 1 atom stereocenters. The van der Waals surface area contributed by atoms with Crippen LogP contribution in [0.3, 0.4) is 0 Å². The lowest BCUT2D eigenvalue weighted by molar-refractivity contribution is 0.223. The second kappa shape index (κ2) is 12.3. The topological polar surface area (TPSA) is 38.7 Å². The molecule has 0 N–H and O–H groups in total. The van der Waals surface area contributed by atoms with Gasteiger partial charge in [0, 0.05) is 22.1 Å². The van der Waals surface area contributed by atoms with E-state index in [2.05, 4.69) is 109 Å². The van der Waals surface area contributed by atoms with Crippen LogP contribution in [0.15, 0.2) is 146 Å². The molecule has 0 amide bonds. The van der Waals surface area contributed by atoms with E-state index >= 15 is 0 Å². The molecule has 0 spiro atoms. The SMILES string of the molecule is C1=CC(C2(c3ccc(-c4nc(-c5ccccc5)nc(-c5ccccc5)n4)cc3)CCCCC2)CC=C1c1ccc2ccccc2c1. The van der Waals surface area contributed by atoms with Crippen molar-refractivity contribution in [2.45, 2.75) is 43.9 Å². The van der Waals surface area contributed by atoms with Gasteiger partial charge in [0.15, 0.2) is 17.5 Å². The Morgan fingerprint density at radius 3 is 1.63 bits per heavy atom. The van der Waals surface area contributed by atoms with E-state index < -0.39 is 0 Å². The molecule has 3 heteroatoms. The Morgan fingerprint density at radius 1 is 0.500 bits per heavy atom. The monoisotopic (exact) mass is 595 g/mol. The second-order valence-corrected chi connectivity index (χ2v) is 12.8. The van der Waals surface area contributed by atoms with Crippen LogP contribution in [-0.4, -0.2) is 15.0 Å². The van der Waals surface area contributed by atoms with Gasteiger partial charge in [-0.25, -0.2) is 15.0 Å². The molecular weight excluding hydrogens is 558 g/mol. The average Bonchev–Trinajstić information content (AvgIpc) is 3.15. The van der Waals surface area contributed by atoms with Crippen LogP contribution in [0.1, 0.15) is 49.7 Å². The van der Waals surface area contributed by atoms with Gasteiger partial charge in [0.2, 0.25) is 0 Å². The van der Waals surface area contributed by atoms with E-state index in [1.165, 1.54) is 59.6 Å². The van der Waals surface area contributed by atoms with E-state index in [-0.39, 0.29) is 5.41 Å². The average molecular weight is 596 g/mol. The van der Waals surface area contributed by atoms with Gasteiger partial charge in [-0.2, -0.15) is 0 Å². The third-order valence-corrected chi connectivity index (χ3v) is 10.1. The van der Waals surface area contributed by atoms with E-state index in [0.29, 0.717) is 23.4 Å². The van der Waals surface area contributed by atoms with Gasteiger partial charge in [0.05, 0.1) is 0 Å². The summed E-state index contributed by atoms with van der Waals surface area (Å²) in [5, 5.41) is 2.59. The predicted octanol–water partition coefficient (Wildman–Crippen LogP) is 10.9. The fourth-order valence-corrected chi connectivity index (χ4v) is 7.56. The molecule has 2 aliphatic carbocycles. The fraction of sp³-hybridized carbons (Fsp3) is 0.186. The molecule has 224 valence electrons. The molecular formula is C43H37N3. The van der Waals surface area contributed by atoms with Crippen LogP contribution in [0.25, 0.3) is 50.5 Å². The van der Waals surface area contributed by atoms with E-state index in [9.17, 15) is 0 Å². The van der Waals surface area contributed by atoms with E-state index in [4.69, 9.17) is 15.0 Å². The first kappa shape index (κ1) is 28.3. The zero-order valence-electron chi connectivity index (χ0n) is 26.0. The van der Waals surface area contributed by atoms with Crippen LogP contribution in [0.5, 0.6) is 0 Å². The molecule has 0 radical (unpaired) electrons. The van der Waals surface area contributed by atoms with Crippen molar-refractivity contribution in [3.05, 3.63) is 157 Å². The van der Waals surface area contributed by atoms with Crippen LogP contribution in [0.4, 0.5) is 0 Å². The first-order valence-corrected chi connectivity index (χ1v) is 16.6. The van der Waals surface area contributed by atoms with Crippen molar-refractivity contribution >= 4 is 16.3 Å². The second-order valence-electron chi connectivity index (χ2n) is 12.8. The van der Waals surface area contributed by atoms with Crippen molar-refractivity contribution in [3.63, 3.8) is 0 Å². The number of rotatable bonds is 6. The summed E-state index contributed by atoms with van der Waals surface area (Å²) in [4.78, 5) is 14.8. The third kappa shape index (κ3) is 5.47. The Labute approximate surface area is 271 Å². The minimum absolute atomic E-state index is 0.141. The highest BCUT2D eigenvalue weighted by Crippen LogP contribution is 2.49. The van der Waals surface area contributed by atoms with Gasteiger partial charge in [-0.1, -0.05) is 159 Å². The number of fused-ring (bicyclic) bond motifs is 1. The highest BCUT2D eigenvalue weighted by Gasteiger charge is 2.40. The number of hydrogen-bond donors (Lipinski definition) is 0. The van der Waals surface area contributed by atoms with Gasteiger partial charge >= 0.3 is 0 Å². The fourth-order valence-electron chi connectivity index (χ4n) is 7.56. The first-order chi connectivity index (χ1) is 22.7. The maximum atomic E-state index is 4.96. The summed E-state index contributed by atoms with van der Waals surface area (Å²) in [7, 11) is 0. The lowest BCUT2D eigenvalue weighted by Crippen LogP contribution is -2.37. The Hall–Kier alpha value is -5.15. The van der Waals surface area contributed by atoms with Gasteiger partial charge in [-0.3, -0.25) is 0 Å². The molecule has 1 heterocycles. The molecule has 1 saturated carbocycles. The lowest BCUT2D eigenvalue weighted by atomic mass is 9.60. The minimum atomic E-state index is 0.141. The Bertz CT molecular complexity index is 1980. The summed E-state index contributed by atoms with van der Waals surface area (Å²) in [6.45, 7) is 0. The van der Waals surface area contributed by atoms with Crippen molar-refractivity contribution in [1.29, 1.82) is 0 Å². The van der Waals surface area contributed by atoms with E-state index in [1.54, 1.807) is 0 Å². The number of nitrogens with zero attached hydrogens (tertiary/aromatic N) is 3. The summed E-state index contributed by atoms with van der Waals surface area (Å²) in [5.41, 5.74) is 7.21. The first-order valence-electron chi connectivity index (χ1n) is 16.6. The van der Waals surface area contributed by atoms with Crippen molar-refractivity contribution in [1.82, 2.24) is 15.0 Å². The molecule has 1 unspecified atom stereocenters. The molecule has 46 heavy (non-hydrogen) atoms. The summed E-state index contributed by atoms with van der Waals surface area (Å²) in [5.74, 6) is 2.57. The highest BCUT2D eigenvalue weighted by molar-refractivity contribution is 5.88. The zero-order valence-corrected chi connectivity index (χ0v) is 26.0. The number of allylic oxidation sites excluding steroid dienone is 4. The minimum Gasteiger partial charge on any atom is -0.208 e. The van der Waals surface area contributed by atoms with Crippen LogP contribution in [-0.2, 0) is 5.41 Å². The Kier molecular flexibility index (Phi) is 7.59. The number of aromatic nitrogens is 3. The van der Waals surface area contributed by atoms with E-state index in [0.717, 1.165) is 23.1 Å². The predicted molar refractivity (Wildman–Crippen MR) is 190 cm³/mol. The maximum absolute atomic E-state index is 4.96. The van der Waals surface area contributed by atoms with Crippen LogP contribution < -0.4 is 0 Å². The van der Waals surface area contributed by atoms with Gasteiger partial charge in [-0.15, -0.1) is 0 Å². The lowest BCUT2D eigenvalue weighted by Gasteiger charge is -2.44. The van der Waals surface area contributed by atoms with Crippen molar-refractivity contribution in [2.24, 2.45) is 5.92 Å². The van der Waals surface area contributed by atoms with Crippen LogP contribution >= 0.6 is 0 Å². The molecule has 3 nitrogen and oxygen atoms in total. The Morgan fingerprint density at radius 2 is 1.04 bits per heavy atom. The van der Waals surface area contributed by atoms with Gasteiger partial charge in [0.25, 0.3) is 0 Å². The number of benzene rings is 5. The van der Waals surface area contributed by atoms with Gasteiger partial charge in [-0.05, 0) is 58.7 Å². The van der Waals surface area contributed by atoms with Crippen molar-refractivity contribution in [3.8, 4) is 34.2 Å². The summed E-state index contributed by atoms with van der Waals surface area (Å²) in [6, 6.07) is 45.0. The van der Waals surface area contributed by atoms with Crippen molar-refractivity contribution in [2.75, 3.05) is 0 Å². The number of hydrogen-bond acceptors (Lipinski definition) is 3. The summed E-state index contributed by atoms with van der Waals surface area (Å²) in [6.07, 6.45) is 14.8. The van der Waals surface area contributed by atoms with E-state index in [1.807, 2.05) is 36.4 Å². The molecule has 2 aliphatic rings. The van der Waals surface area contributed by atoms with Crippen LogP contribution in [0.2, 0.25) is 0 Å². The van der Waals surface area contributed by atoms with Crippen LogP contribution in [0, 0.1) is 5.92 Å². The molecule has 0 aliphatic heterocycles. The molecule has 0 bridgehead atoms. The third-order valence-electron chi connectivity index (χ3n) is 10.1. The molecule has 6 aromatic rings. The smallest absolute Gasteiger partial charge is 0.164 e. The molecule has 1 aromatic heterocycles. The normalized spacial score (nSPS) is 17.5. The maximum Gasteiger partial charge on any atom is 0.164 e. The summed E-state index contributed by atoms with van der Waals surface area (Å²) >= 11 is 0. The standard InChI is InChI=1S/C43H37N3/c1-4-13-33(14-5-1)40-44-41(34-15-6-2-7-16-34)46-42(45-40)35-22-26-39(27-23-35)43(28-10-3-11-29-43)38-24-20-32(21-25-38)37-19-18-31-12-8-9-17-36(31)30-37/h1-2,4-9,12-24,26-27,30,38H,3,10-11,25,28-29H2. The highest BCUT2D eigenvalue weighted by atomic mass is 15.0. The van der Waals surface area contributed by atoms with Gasteiger partial charge in [0.1, 0.15) is 0 Å². The summed E-state index contributed by atoms with van der Waals surface area (Å²) < 4.78 is 0.